The Morgan fingerprint density at radius 2 is 1.79 bits per heavy atom. The topological polar surface area (TPSA) is 66.5 Å². The van der Waals surface area contributed by atoms with E-state index in [1.54, 1.807) is 13.0 Å². The summed E-state index contributed by atoms with van der Waals surface area (Å²) in [6, 6.07) is 6.59. The van der Waals surface area contributed by atoms with Crippen molar-refractivity contribution in [2.24, 2.45) is 0 Å². The summed E-state index contributed by atoms with van der Waals surface area (Å²) in [4.78, 5) is 36.3. The standard InChI is InChI=1S/C14H16N2O3/c1-9-5-3-4-6-11(9)15-14(19)10(2)16-12(17)7-8-13(16)18/h3-6,10H,7-8H2,1-2H3,(H,15,19)/t10-/m1/s1. The van der Waals surface area contributed by atoms with Crippen LogP contribution in [0.1, 0.15) is 25.3 Å². The Labute approximate surface area is 111 Å². The van der Waals surface area contributed by atoms with Crippen molar-refractivity contribution in [3.05, 3.63) is 29.8 Å². The number of likely N-dealkylation sites (tertiary alicyclic amines) is 1. The zero-order chi connectivity index (χ0) is 14.0. The normalized spacial score (nSPS) is 16.6. The van der Waals surface area contributed by atoms with Gasteiger partial charge in [-0.15, -0.1) is 0 Å². The van der Waals surface area contributed by atoms with Gasteiger partial charge in [0.1, 0.15) is 6.04 Å². The van der Waals surface area contributed by atoms with E-state index in [2.05, 4.69) is 5.32 Å². The van der Waals surface area contributed by atoms with Gasteiger partial charge in [0.2, 0.25) is 17.7 Å². The molecule has 0 radical (unpaired) electrons. The molecule has 1 N–H and O–H groups in total. The van der Waals surface area contributed by atoms with Gasteiger partial charge in [-0.25, -0.2) is 0 Å². The number of amides is 3. The van der Waals surface area contributed by atoms with Gasteiger partial charge in [-0.2, -0.15) is 0 Å². The smallest absolute Gasteiger partial charge is 0.247 e. The van der Waals surface area contributed by atoms with E-state index in [0.29, 0.717) is 5.69 Å². The average Bonchev–Trinajstić information content (AvgIpc) is 2.71. The Kier molecular flexibility index (Phi) is 3.64. The van der Waals surface area contributed by atoms with Gasteiger partial charge in [-0.3, -0.25) is 19.3 Å². The molecule has 19 heavy (non-hydrogen) atoms. The van der Waals surface area contributed by atoms with Crippen molar-refractivity contribution in [1.29, 1.82) is 0 Å². The number of carbonyl (C=O) groups is 3. The fourth-order valence-corrected chi connectivity index (χ4v) is 2.09. The van der Waals surface area contributed by atoms with Crippen LogP contribution >= 0.6 is 0 Å². The van der Waals surface area contributed by atoms with Gasteiger partial charge in [0.05, 0.1) is 0 Å². The van der Waals surface area contributed by atoms with Gasteiger partial charge in [0, 0.05) is 18.5 Å². The van der Waals surface area contributed by atoms with Gasteiger partial charge in [-0.1, -0.05) is 18.2 Å². The summed E-state index contributed by atoms with van der Waals surface area (Å²) in [5, 5.41) is 2.74. The molecule has 5 nitrogen and oxygen atoms in total. The summed E-state index contributed by atoms with van der Waals surface area (Å²) < 4.78 is 0. The summed E-state index contributed by atoms with van der Waals surface area (Å²) in [7, 11) is 0. The summed E-state index contributed by atoms with van der Waals surface area (Å²) in [6.45, 7) is 3.45. The largest absolute Gasteiger partial charge is 0.324 e. The van der Waals surface area contributed by atoms with Crippen LogP contribution in [0.4, 0.5) is 5.69 Å². The first kappa shape index (κ1) is 13.3. The second-order valence-corrected chi connectivity index (χ2v) is 4.64. The summed E-state index contributed by atoms with van der Waals surface area (Å²) in [5.74, 6) is -0.909. The van der Waals surface area contributed by atoms with E-state index in [4.69, 9.17) is 0 Å². The lowest BCUT2D eigenvalue weighted by Crippen LogP contribution is -2.45. The lowest BCUT2D eigenvalue weighted by molar-refractivity contribution is -0.144. The maximum absolute atomic E-state index is 12.1. The SMILES string of the molecule is Cc1ccccc1NC(=O)[C@@H](C)N1C(=O)CCC1=O. The van der Waals surface area contributed by atoms with Gasteiger partial charge in [0.15, 0.2) is 0 Å². The molecular weight excluding hydrogens is 244 g/mol. The zero-order valence-electron chi connectivity index (χ0n) is 11.0. The van der Waals surface area contributed by atoms with Gasteiger partial charge in [-0.05, 0) is 25.5 Å². The third-order valence-corrected chi connectivity index (χ3v) is 3.26. The van der Waals surface area contributed by atoms with Crippen molar-refractivity contribution < 1.29 is 14.4 Å². The Hall–Kier alpha value is -2.17. The molecule has 1 aliphatic rings. The molecule has 2 rings (SSSR count). The molecule has 1 fully saturated rings. The van der Waals surface area contributed by atoms with Crippen molar-refractivity contribution in [1.82, 2.24) is 4.90 Å². The van der Waals surface area contributed by atoms with Crippen LogP contribution in [-0.4, -0.2) is 28.7 Å². The van der Waals surface area contributed by atoms with Crippen LogP contribution in [0.25, 0.3) is 0 Å². The second kappa shape index (κ2) is 5.22. The van der Waals surface area contributed by atoms with Crippen LogP contribution in [0.5, 0.6) is 0 Å². The molecule has 1 aromatic carbocycles. The molecule has 3 amide bonds. The molecule has 5 heteroatoms. The number of anilines is 1. The molecule has 1 saturated heterocycles. The van der Waals surface area contributed by atoms with Crippen LogP contribution in [0.3, 0.4) is 0 Å². The van der Waals surface area contributed by atoms with Crippen molar-refractivity contribution >= 4 is 23.4 Å². The van der Waals surface area contributed by atoms with Crippen LogP contribution in [0.15, 0.2) is 24.3 Å². The molecule has 0 aliphatic carbocycles. The van der Waals surface area contributed by atoms with Gasteiger partial charge in [0.25, 0.3) is 0 Å². The zero-order valence-corrected chi connectivity index (χ0v) is 11.0. The maximum Gasteiger partial charge on any atom is 0.247 e. The summed E-state index contributed by atoms with van der Waals surface area (Å²) in [6.07, 6.45) is 0.391. The first-order chi connectivity index (χ1) is 9.00. The number of rotatable bonds is 3. The number of hydrogen-bond acceptors (Lipinski definition) is 3. The molecular formula is C14H16N2O3. The minimum atomic E-state index is -0.776. The van der Waals surface area contributed by atoms with Gasteiger partial charge < -0.3 is 5.32 Å². The number of nitrogens with zero attached hydrogens (tertiary/aromatic N) is 1. The molecule has 1 atom stereocenters. The van der Waals surface area contributed by atoms with Crippen molar-refractivity contribution in [2.45, 2.75) is 32.7 Å². The molecule has 100 valence electrons. The highest BCUT2D eigenvalue weighted by Gasteiger charge is 2.36. The Morgan fingerprint density at radius 1 is 1.21 bits per heavy atom. The lowest BCUT2D eigenvalue weighted by Gasteiger charge is -2.22. The Bertz CT molecular complexity index is 523. The molecule has 0 bridgehead atoms. The fraction of sp³-hybridized carbons (Fsp3) is 0.357. The molecule has 1 heterocycles. The number of imide groups is 1. The van der Waals surface area contributed by atoms with E-state index < -0.39 is 6.04 Å². The number of carbonyl (C=O) groups excluding carboxylic acids is 3. The lowest BCUT2D eigenvalue weighted by atomic mass is 10.2. The minimum Gasteiger partial charge on any atom is -0.324 e. The summed E-state index contributed by atoms with van der Waals surface area (Å²) in [5.41, 5.74) is 1.63. The molecule has 1 aromatic rings. The average molecular weight is 260 g/mol. The Morgan fingerprint density at radius 3 is 2.37 bits per heavy atom. The van der Waals surface area contributed by atoms with Crippen molar-refractivity contribution in [3.8, 4) is 0 Å². The van der Waals surface area contributed by atoms with E-state index in [0.717, 1.165) is 10.5 Å². The number of nitrogens with one attached hydrogen (secondary N) is 1. The second-order valence-electron chi connectivity index (χ2n) is 4.64. The monoisotopic (exact) mass is 260 g/mol. The molecule has 0 saturated carbocycles. The third-order valence-electron chi connectivity index (χ3n) is 3.26. The highest BCUT2D eigenvalue weighted by atomic mass is 16.2. The molecule has 1 aliphatic heterocycles. The summed E-state index contributed by atoms with van der Waals surface area (Å²) >= 11 is 0. The van der Waals surface area contributed by atoms with Crippen LogP contribution in [-0.2, 0) is 14.4 Å². The minimum absolute atomic E-state index is 0.195. The predicted molar refractivity (Wildman–Crippen MR) is 70.4 cm³/mol. The van der Waals surface area contributed by atoms with E-state index in [1.165, 1.54) is 0 Å². The van der Waals surface area contributed by atoms with E-state index in [1.807, 2.05) is 25.1 Å². The Balaban J connectivity index is 2.10. The predicted octanol–water partition coefficient (Wildman–Crippen LogP) is 1.47. The molecule has 0 spiro atoms. The quantitative estimate of drug-likeness (QED) is 0.837. The van der Waals surface area contributed by atoms with Crippen molar-refractivity contribution in [2.75, 3.05) is 5.32 Å². The van der Waals surface area contributed by atoms with E-state index in [-0.39, 0.29) is 30.6 Å². The van der Waals surface area contributed by atoms with E-state index in [9.17, 15) is 14.4 Å². The number of benzene rings is 1. The molecule has 0 unspecified atom stereocenters. The van der Waals surface area contributed by atoms with Crippen LogP contribution in [0, 0.1) is 6.92 Å². The third kappa shape index (κ3) is 2.65. The van der Waals surface area contributed by atoms with Crippen LogP contribution < -0.4 is 5.32 Å². The highest BCUT2D eigenvalue weighted by molar-refractivity contribution is 6.07. The maximum atomic E-state index is 12.1. The van der Waals surface area contributed by atoms with Crippen LogP contribution in [0.2, 0.25) is 0 Å². The number of para-hydroxylation sites is 1. The van der Waals surface area contributed by atoms with Crippen molar-refractivity contribution in [3.63, 3.8) is 0 Å². The fourth-order valence-electron chi connectivity index (χ4n) is 2.09. The number of aryl methyl sites for hydroxylation is 1. The van der Waals surface area contributed by atoms with E-state index >= 15 is 0 Å². The van der Waals surface area contributed by atoms with Gasteiger partial charge >= 0.3 is 0 Å². The number of hydrogen-bond donors (Lipinski definition) is 1. The molecule has 0 aromatic heterocycles. The highest BCUT2D eigenvalue weighted by Crippen LogP contribution is 2.18. The first-order valence-corrected chi connectivity index (χ1v) is 6.22. The first-order valence-electron chi connectivity index (χ1n) is 6.22.